The zero-order valence-corrected chi connectivity index (χ0v) is 11.6. The average Bonchev–Trinajstić information content (AvgIpc) is 2.14. The van der Waals surface area contributed by atoms with E-state index < -0.39 is 21.7 Å². The molecule has 1 unspecified atom stereocenters. The number of hydrogen-bond acceptors (Lipinski definition) is 3. The quantitative estimate of drug-likeness (QED) is 0.603. The third-order valence-corrected chi connectivity index (χ3v) is 3.53. The minimum Gasteiger partial charge on any atom is -0.480 e. The molecule has 17 heavy (non-hydrogen) atoms. The molecule has 0 aromatic heterocycles. The summed E-state index contributed by atoms with van der Waals surface area (Å²) in [6, 6.07) is 0. The lowest BCUT2D eigenvalue weighted by atomic mass is 9.98. The van der Waals surface area contributed by atoms with E-state index in [0.29, 0.717) is 6.42 Å². The lowest BCUT2D eigenvalue weighted by Gasteiger charge is -2.25. The maximum Gasteiger partial charge on any atom is 0.324 e. The molecule has 0 fully saturated rings. The summed E-state index contributed by atoms with van der Waals surface area (Å²) in [6.07, 6.45) is 0.820. The molecule has 0 aromatic rings. The van der Waals surface area contributed by atoms with Gasteiger partial charge in [-0.25, -0.2) is 4.72 Å². The molecule has 0 saturated carbocycles. The van der Waals surface area contributed by atoms with Crippen LogP contribution in [-0.2, 0) is 15.0 Å². The van der Waals surface area contributed by atoms with Crippen molar-refractivity contribution in [1.29, 1.82) is 0 Å². The molecule has 7 heteroatoms. The van der Waals surface area contributed by atoms with Crippen LogP contribution in [0.4, 0.5) is 0 Å². The molecule has 102 valence electrons. The molecule has 6 nitrogen and oxygen atoms in total. The van der Waals surface area contributed by atoms with Crippen LogP contribution in [-0.4, -0.2) is 31.6 Å². The van der Waals surface area contributed by atoms with Crippen LogP contribution in [0, 0.1) is 5.92 Å². The smallest absolute Gasteiger partial charge is 0.324 e. The largest absolute Gasteiger partial charge is 0.480 e. The van der Waals surface area contributed by atoms with Gasteiger partial charge >= 0.3 is 5.97 Å². The summed E-state index contributed by atoms with van der Waals surface area (Å²) in [4.78, 5) is 11.1. The highest BCUT2D eigenvalue weighted by Gasteiger charge is 2.36. The Morgan fingerprint density at radius 2 is 1.94 bits per heavy atom. The molecule has 3 N–H and O–H groups in total. The second kappa shape index (κ2) is 6.32. The van der Waals surface area contributed by atoms with Gasteiger partial charge in [0.05, 0.1) is 0 Å². The highest BCUT2D eigenvalue weighted by atomic mass is 32.2. The molecular formula is C10H22N2O4S. The van der Waals surface area contributed by atoms with Crippen LogP contribution >= 0.6 is 0 Å². The molecule has 0 rings (SSSR count). The summed E-state index contributed by atoms with van der Waals surface area (Å²) in [5, 5.41) is 9.05. The van der Waals surface area contributed by atoms with Crippen molar-refractivity contribution in [3.63, 3.8) is 0 Å². The number of hydrogen-bond donors (Lipinski definition) is 3. The minimum atomic E-state index is -3.78. The maximum absolute atomic E-state index is 11.6. The zero-order valence-electron chi connectivity index (χ0n) is 10.8. The highest BCUT2D eigenvalue weighted by molar-refractivity contribution is 7.87. The van der Waals surface area contributed by atoms with Gasteiger partial charge in [0.1, 0.15) is 5.54 Å². The average molecular weight is 266 g/mol. The van der Waals surface area contributed by atoms with Crippen molar-refractivity contribution >= 4 is 16.2 Å². The first-order valence-electron chi connectivity index (χ1n) is 5.65. The Hall–Kier alpha value is -0.660. The highest BCUT2D eigenvalue weighted by Crippen LogP contribution is 2.13. The molecule has 0 aliphatic heterocycles. The minimum absolute atomic E-state index is 0.161. The number of carboxylic acids is 1. The van der Waals surface area contributed by atoms with E-state index in [1.54, 1.807) is 6.92 Å². The van der Waals surface area contributed by atoms with Gasteiger partial charge in [-0.15, -0.1) is 0 Å². The third-order valence-electron chi connectivity index (χ3n) is 2.26. The molecule has 0 bridgehead atoms. The monoisotopic (exact) mass is 266 g/mol. The SMILES string of the molecule is CCCC(C)(NS(=O)(=O)NCC(C)C)C(=O)O. The zero-order chi connectivity index (χ0) is 13.7. The van der Waals surface area contributed by atoms with Crippen molar-refractivity contribution in [2.75, 3.05) is 6.54 Å². The fourth-order valence-corrected chi connectivity index (χ4v) is 2.72. The Morgan fingerprint density at radius 3 is 2.29 bits per heavy atom. The number of carboxylic acid groups (broad SMARTS) is 1. The Balaban J connectivity index is 4.70. The van der Waals surface area contributed by atoms with Crippen LogP contribution in [0.25, 0.3) is 0 Å². The molecular weight excluding hydrogens is 244 g/mol. The number of rotatable bonds is 8. The van der Waals surface area contributed by atoms with Crippen LogP contribution in [0.3, 0.4) is 0 Å². The first-order chi connectivity index (χ1) is 7.63. The van der Waals surface area contributed by atoms with Crippen molar-refractivity contribution in [2.24, 2.45) is 5.92 Å². The molecule has 0 radical (unpaired) electrons. The summed E-state index contributed by atoms with van der Waals surface area (Å²) in [6.45, 7) is 7.18. The summed E-state index contributed by atoms with van der Waals surface area (Å²) >= 11 is 0. The van der Waals surface area contributed by atoms with Crippen molar-refractivity contribution in [1.82, 2.24) is 9.44 Å². The first-order valence-corrected chi connectivity index (χ1v) is 7.13. The van der Waals surface area contributed by atoms with Gasteiger partial charge in [0.15, 0.2) is 0 Å². The van der Waals surface area contributed by atoms with Gasteiger partial charge in [-0.2, -0.15) is 13.1 Å². The molecule has 0 aliphatic rings. The topological polar surface area (TPSA) is 95.5 Å². The van der Waals surface area contributed by atoms with E-state index in [0.717, 1.165) is 0 Å². The van der Waals surface area contributed by atoms with Crippen molar-refractivity contribution in [3.8, 4) is 0 Å². The predicted molar refractivity (Wildman–Crippen MR) is 65.8 cm³/mol. The molecule has 0 heterocycles. The Labute approximate surface area is 103 Å². The first kappa shape index (κ1) is 16.3. The van der Waals surface area contributed by atoms with E-state index in [1.807, 2.05) is 13.8 Å². The fraction of sp³-hybridized carbons (Fsp3) is 0.900. The summed E-state index contributed by atoms with van der Waals surface area (Å²) < 4.78 is 27.8. The molecule has 1 atom stereocenters. The molecule has 0 aromatic carbocycles. The van der Waals surface area contributed by atoms with E-state index in [1.165, 1.54) is 6.92 Å². The van der Waals surface area contributed by atoms with Gasteiger partial charge in [0.25, 0.3) is 10.2 Å². The fourth-order valence-electron chi connectivity index (χ4n) is 1.31. The summed E-state index contributed by atoms with van der Waals surface area (Å²) in [5.41, 5.74) is -1.46. The van der Waals surface area contributed by atoms with Gasteiger partial charge < -0.3 is 5.11 Å². The van der Waals surface area contributed by atoms with Crippen LogP contribution in [0.15, 0.2) is 0 Å². The van der Waals surface area contributed by atoms with Crippen molar-refractivity contribution < 1.29 is 18.3 Å². The van der Waals surface area contributed by atoms with Crippen LogP contribution in [0.2, 0.25) is 0 Å². The Bertz CT molecular complexity index is 353. The number of aliphatic carboxylic acids is 1. The molecule has 0 saturated heterocycles. The third kappa shape index (κ3) is 5.99. The molecule has 0 amide bonds. The second-order valence-electron chi connectivity index (χ2n) is 4.74. The van der Waals surface area contributed by atoms with E-state index in [-0.39, 0.29) is 18.9 Å². The van der Waals surface area contributed by atoms with E-state index >= 15 is 0 Å². The van der Waals surface area contributed by atoms with Gasteiger partial charge in [0.2, 0.25) is 0 Å². The standard InChI is InChI=1S/C10H22N2O4S/c1-5-6-10(4,9(13)14)12-17(15,16)11-7-8(2)3/h8,11-12H,5-7H2,1-4H3,(H,13,14). The summed E-state index contributed by atoms with van der Waals surface area (Å²) in [5.74, 6) is -1.01. The van der Waals surface area contributed by atoms with Gasteiger partial charge in [-0.3, -0.25) is 4.79 Å². The predicted octanol–water partition coefficient (Wildman–Crippen LogP) is 0.710. The lowest BCUT2D eigenvalue weighted by molar-refractivity contribution is -0.143. The van der Waals surface area contributed by atoms with Gasteiger partial charge in [0, 0.05) is 6.54 Å². The van der Waals surface area contributed by atoms with E-state index in [2.05, 4.69) is 9.44 Å². The van der Waals surface area contributed by atoms with E-state index in [4.69, 9.17) is 5.11 Å². The second-order valence-corrected chi connectivity index (χ2v) is 6.23. The lowest BCUT2D eigenvalue weighted by Crippen LogP contribution is -2.55. The molecule has 0 spiro atoms. The van der Waals surface area contributed by atoms with Crippen LogP contribution in [0.5, 0.6) is 0 Å². The van der Waals surface area contributed by atoms with Crippen LogP contribution in [0.1, 0.15) is 40.5 Å². The summed E-state index contributed by atoms with van der Waals surface area (Å²) in [7, 11) is -3.78. The number of carbonyl (C=O) groups is 1. The molecule has 0 aliphatic carbocycles. The van der Waals surface area contributed by atoms with Gasteiger partial charge in [-0.1, -0.05) is 27.2 Å². The van der Waals surface area contributed by atoms with Crippen molar-refractivity contribution in [3.05, 3.63) is 0 Å². The van der Waals surface area contributed by atoms with E-state index in [9.17, 15) is 13.2 Å². The number of nitrogens with one attached hydrogen (secondary N) is 2. The van der Waals surface area contributed by atoms with Gasteiger partial charge in [-0.05, 0) is 19.3 Å². The Kier molecular flexibility index (Phi) is 6.08. The van der Waals surface area contributed by atoms with Crippen LogP contribution < -0.4 is 9.44 Å². The maximum atomic E-state index is 11.6. The Morgan fingerprint density at radius 1 is 1.41 bits per heavy atom. The van der Waals surface area contributed by atoms with Crippen molar-refractivity contribution in [2.45, 2.75) is 46.1 Å². The normalized spacial score (nSPS) is 15.8.